The zero-order valence-electron chi connectivity index (χ0n) is 22.2. The van der Waals surface area contributed by atoms with Gasteiger partial charge in [0.05, 0.1) is 19.3 Å². The van der Waals surface area contributed by atoms with Crippen LogP contribution in [0.1, 0.15) is 36.0 Å². The maximum absolute atomic E-state index is 13.6. The first-order valence-corrected chi connectivity index (χ1v) is 13.1. The molecule has 39 heavy (non-hydrogen) atoms. The Kier molecular flexibility index (Phi) is 8.48. The van der Waals surface area contributed by atoms with Crippen LogP contribution in [-0.2, 0) is 18.0 Å². The summed E-state index contributed by atoms with van der Waals surface area (Å²) in [5, 5.41) is 0. The fourth-order valence-corrected chi connectivity index (χ4v) is 4.33. The Labute approximate surface area is 227 Å². The van der Waals surface area contributed by atoms with Gasteiger partial charge < -0.3 is 28.1 Å². The molecule has 0 radical (unpaired) electrons. The van der Waals surface area contributed by atoms with Crippen LogP contribution in [0, 0.1) is 6.92 Å². The van der Waals surface area contributed by atoms with Crippen molar-refractivity contribution in [2.75, 3.05) is 13.7 Å². The molecule has 0 aliphatic carbocycles. The second-order valence-corrected chi connectivity index (χ2v) is 9.33. The largest absolute Gasteiger partial charge is 0.493 e. The van der Waals surface area contributed by atoms with Crippen LogP contribution in [-0.4, -0.2) is 20.0 Å². The molecule has 1 aliphatic rings. The normalized spacial score (nSPS) is 15.0. The molecule has 1 aromatic heterocycles. The minimum absolute atomic E-state index is 0.105. The maximum atomic E-state index is 13.6. The van der Waals surface area contributed by atoms with Crippen LogP contribution in [0.5, 0.6) is 23.2 Å². The van der Waals surface area contributed by atoms with Gasteiger partial charge in [0.2, 0.25) is 17.5 Å². The number of hydrogen-bond donors (Lipinski definition) is 0. The molecule has 7 nitrogen and oxygen atoms in total. The lowest BCUT2D eigenvalue weighted by atomic mass is 10.1. The van der Waals surface area contributed by atoms with Crippen molar-refractivity contribution >= 4 is 0 Å². The van der Waals surface area contributed by atoms with Gasteiger partial charge in [0.15, 0.2) is 17.3 Å². The van der Waals surface area contributed by atoms with Gasteiger partial charge in [0.25, 0.3) is 5.95 Å². The van der Waals surface area contributed by atoms with E-state index in [9.17, 15) is 4.79 Å². The fraction of sp³-hybridized carbons (Fsp3) is 0.281. The third-order valence-electron chi connectivity index (χ3n) is 6.52. The van der Waals surface area contributed by atoms with Gasteiger partial charge >= 0.3 is 0 Å². The highest BCUT2D eigenvalue weighted by Crippen LogP contribution is 2.38. The summed E-state index contributed by atoms with van der Waals surface area (Å²) in [5.74, 6) is 1.54. The molecule has 0 saturated carbocycles. The highest BCUT2D eigenvalue weighted by Gasteiger charge is 2.25. The smallest absolute Gasteiger partial charge is 0.294 e. The highest BCUT2D eigenvalue weighted by molar-refractivity contribution is 5.68. The van der Waals surface area contributed by atoms with Gasteiger partial charge in [-0.25, -0.2) is 0 Å². The molecular formula is C32H32O7. The fourth-order valence-electron chi connectivity index (χ4n) is 4.33. The summed E-state index contributed by atoms with van der Waals surface area (Å²) in [6.45, 7) is 2.88. The summed E-state index contributed by atoms with van der Waals surface area (Å²) in [6.07, 6.45) is 2.23. The van der Waals surface area contributed by atoms with Crippen LogP contribution < -0.4 is 24.4 Å². The molecule has 1 fully saturated rings. The monoisotopic (exact) mass is 528 g/mol. The summed E-state index contributed by atoms with van der Waals surface area (Å²) < 4.78 is 35.7. The second-order valence-electron chi connectivity index (χ2n) is 9.33. The molecule has 1 saturated heterocycles. The molecule has 0 amide bonds. The Hall–Kier alpha value is -4.23. The van der Waals surface area contributed by atoms with Crippen molar-refractivity contribution in [2.24, 2.45) is 0 Å². The Morgan fingerprint density at radius 2 is 1.54 bits per heavy atom. The second kappa shape index (κ2) is 12.5. The van der Waals surface area contributed by atoms with E-state index >= 15 is 0 Å². The van der Waals surface area contributed by atoms with Gasteiger partial charge in [-0.3, -0.25) is 4.79 Å². The third kappa shape index (κ3) is 6.44. The van der Waals surface area contributed by atoms with Crippen molar-refractivity contribution in [3.8, 4) is 34.5 Å². The van der Waals surface area contributed by atoms with E-state index < -0.39 is 6.29 Å². The van der Waals surface area contributed by atoms with Crippen LogP contribution >= 0.6 is 0 Å². The summed E-state index contributed by atoms with van der Waals surface area (Å²) in [6, 6.07) is 24.9. The van der Waals surface area contributed by atoms with E-state index in [0.29, 0.717) is 35.8 Å². The molecule has 0 N–H and O–H groups in total. The van der Waals surface area contributed by atoms with E-state index in [1.54, 1.807) is 26.2 Å². The van der Waals surface area contributed by atoms with Crippen molar-refractivity contribution in [2.45, 2.75) is 45.7 Å². The lowest BCUT2D eigenvalue weighted by Crippen LogP contribution is -2.26. The minimum atomic E-state index is -0.465. The zero-order valence-corrected chi connectivity index (χ0v) is 22.2. The molecular weight excluding hydrogens is 496 g/mol. The topological polar surface area (TPSA) is 76.4 Å². The molecule has 7 heteroatoms. The standard InChI is InChI=1S/C32H32O7/c1-22-29(33)31(37-21-24-13-7-4-8-14-24)30(39-32(22)38-28-15-9-10-18-35-28)25-16-17-26(27(19-25)34-2)36-20-23-11-5-3-6-12-23/h3-8,11-14,16-17,19,28H,9-10,15,18,20-21H2,1-2H3. The predicted molar refractivity (Wildman–Crippen MR) is 147 cm³/mol. The van der Waals surface area contributed by atoms with Gasteiger partial charge in [-0.2, -0.15) is 0 Å². The average molecular weight is 529 g/mol. The molecule has 5 rings (SSSR count). The van der Waals surface area contributed by atoms with Gasteiger partial charge in [-0.15, -0.1) is 0 Å². The number of methoxy groups -OCH3 is 1. The van der Waals surface area contributed by atoms with Crippen molar-refractivity contribution in [1.29, 1.82) is 0 Å². The molecule has 1 aliphatic heterocycles. The van der Waals surface area contributed by atoms with Crippen LogP contribution in [0.4, 0.5) is 0 Å². The average Bonchev–Trinajstić information content (AvgIpc) is 2.99. The minimum Gasteiger partial charge on any atom is -0.493 e. The van der Waals surface area contributed by atoms with E-state index in [1.807, 2.05) is 66.7 Å². The van der Waals surface area contributed by atoms with Crippen LogP contribution in [0.3, 0.4) is 0 Å². The molecule has 0 spiro atoms. The summed E-state index contributed by atoms with van der Waals surface area (Å²) in [5.41, 5.74) is 2.58. The van der Waals surface area contributed by atoms with Gasteiger partial charge in [0, 0.05) is 12.0 Å². The molecule has 3 aromatic carbocycles. The number of ether oxygens (including phenoxy) is 5. The van der Waals surface area contributed by atoms with Gasteiger partial charge in [-0.1, -0.05) is 60.7 Å². The third-order valence-corrected chi connectivity index (χ3v) is 6.52. The first-order valence-electron chi connectivity index (χ1n) is 13.1. The Balaban J connectivity index is 1.49. The van der Waals surface area contributed by atoms with E-state index in [1.165, 1.54) is 0 Å². The molecule has 4 aromatic rings. The summed E-state index contributed by atoms with van der Waals surface area (Å²) >= 11 is 0. The molecule has 1 unspecified atom stereocenters. The lowest BCUT2D eigenvalue weighted by molar-refractivity contribution is -0.115. The predicted octanol–water partition coefficient (Wildman–Crippen LogP) is 6.69. The Morgan fingerprint density at radius 1 is 0.846 bits per heavy atom. The quantitative estimate of drug-likeness (QED) is 0.227. The van der Waals surface area contributed by atoms with Gasteiger partial charge in [-0.05, 0) is 49.1 Å². The van der Waals surface area contributed by atoms with E-state index in [0.717, 1.165) is 30.4 Å². The molecule has 202 valence electrons. The van der Waals surface area contributed by atoms with Crippen molar-refractivity contribution in [3.05, 3.63) is 106 Å². The lowest BCUT2D eigenvalue weighted by Gasteiger charge is -2.24. The zero-order chi connectivity index (χ0) is 27.0. The van der Waals surface area contributed by atoms with E-state index in [2.05, 4.69) is 0 Å². The van der Waals surface area contributed by atoms with E-state index in [4.69, 9.17) is 28.1 Å². The summed E-state index contributed by atoms with van der Waals surface area (Å²) in [7, 11) is 1.57. The van der Waals surface area contributed by atoms with Crippen molar-refractivity contribution in [3.63, 3.8) is 0 Å². The van der Waals surface area contributed by atoms with Crippen LogP contribution in [0.25, 0.3) is 11.3 Å². The Bertz CT molecular complexity index is 1420. The number of rotatable bonds is 10. The maximum Gasteiger partial charge on any atom is 0.294 e. The van der Waals surface area contributed by atoms with Crippen LogP contribution in [0.15, 0.2) is 88.1 Å². The molecule has 0 bridgehead atoms. The summed E-state index contributed by atoms with van der Waals surface area (Å²) in [4.78, 5) is 13.6. The molecule has 2 heterocycles. The highest BCUT2D eigenvalue weighted by atomic mass is 16.7. The first-order chi connectivity index (χ1) is 19.1. The number of benzene rings is 3. The SMILES string of the molecule is COc1cc(-c2oc(OC3CCCCO3)c(C)c(=O)c2OCc2ccccc2)ccc1OCc1ccccc1. The van der Waals surface area contributed by atoms with Crippen molar-refractivity contribution in [1.82, 2.24) is 0 Å². The van der Waals surface area contributed by atoms with Crippen LogP contribution in [0.2, 0.25) is 0 Å². The van der Waals surface area contributed by atoms with Crippen molar-refractivity contribution < 1.29 is 28.1 Å². The number of hydrogen-bond acceptors (Lipinski definition) is 7. The Morgan fingerprint density at radius 3 is 2.18 bits per heavy atom. The first kappa shape index (κ1) is 26.4. The van der Waals surface area contributed by atoms with Gasteiger partial charge in [0.1, 0.15) is 13.2 Å². The van der Waals surface area contributed by atoms with E-state index in [-0.39, 0.29) is 29.5 Å². The molecule has 1 atom stereocenters.